The summed E-state index contributed by atoms with van der Waals surface area (Å²) in [4.78, 5) is 0. The molecule has 0 spiro atoms. The van der Waals surface area contributed by atoms with Gasteiger partial charge >= 0.3 is 0 Å². The van der Waals surface area contributed by atoms with Crippen LogP contribution in [0.25, 0.3) is 0 Å². The van der Waals surface area contributed by atoms with E-state index in [1.54, 1.807) is 19.9 Å². The average Bonchev–Trinajstić information content (AvgIpc) is 2.13. The lowest BCUT2D eigenvalue weighted by Gasteiger charge is -2.13. The predicted molar refractivity (Wildman–Crippen MR) is 62.6 cm³/mol. The van der Waals surface area contributed by atoms with Crippen molar-refractivity contribution in [2.75, 3.05) is 7.11 Å². The molecule has 1 aromatic rings. The Balaban J connectivity index is 3.37. The summed E-state index contributed by atoms with van der Waals surface area (Å²) in [5.74, 6) is 0.0313. The third-order valence-electron chi connectivity index (χ3n) is 2.33. The van der Waals surface area contributed by atoms with Gasteiger partial charge < -0.3 is 9.84 Å². The zero-order chi connectivity index (χ0) is 12.5. The number of methoxy groups -OCH3 is 1. The zero-order valence-electron chi connectivity index (χ0n) is 9.24. The molecule has 0 atom stereocenters. The first-order chi connectivity index (χ1) is 7.26. The number of aryl methyl sites for hydroxylation is 1. The number of hydrogen-bond donors (Lipinski definition) is 1. The number of rotatable bonds is 3. The van der Waals surface area contributed by atoms with Crippen molar-refractivity contribution in [3.05, 3.63) is 22.8 Å². The first-order valence-corrected chi connectivity index (χ1v) is 7.02. The normalized spacial score (nSPS) is 11.5. The Kier molecular flexibility index (Phi) is 3.70. The SMILES string of the molecule is COc1c(C)c(CS(=O)(=O)Cl)cc(C)c1O. The fourth-order valence-electron chi connectivity index (χ4n) is 1.53. The largest absolute Gasteiger partial charge is 0.504 e. The van der Waals surface area contributed by atoms with Crippen LogP contribution in [0, 0.1) is 13.8 Å². The van der Waals surface area contributed by atoms with E-state index in [2.05, 4.69) is 0 Å². The molecule has 0 amide bonds. The number of aromatic hydroxyl groups is 1. The highest BCUT2D eigenvalue weighted by Crippen LogP contribution is 2.36. The summed E-state index contributed by atoms with van der Waals surface area (Å²) in [7, 11) is 2.99. The second-order valence-corrected chi connectivity index (χ2v) is 6.32. The van der Waals surface area contributed by atoms with E-state index in [-0.39, 0.29) is 17.3 Å². The van der Waals surface area contributed by atoms with Crippen LogP contribution in [-0.2, 0) is 14.8 Å². The van der Waals surface area contributed by atoms with Crippen molar-refractivity contribution < 1.29 is 18.3 Å². The summed E-state index contributed by atoms with van der Waals surface area (Å²) in [6.07, 6.45) is 0. The van der Waals surface area contributed by atoms with Crippen LogP contribution in [-0.4, -0.2) is 20.6 Å². The molecule has 0 radical (unpaired) electrons. The number of ether oxygens (including phenoxy) is 1. The molecule has 1 rings (SSSR count). The van der Waals surface area contributed by atoms with Gasteiger partial charge in [0, 0.05) is 10.7 Å². The smallest absolute Gasteiger partial charge is 0.236 e. The molecular formula is C10H13ClO4S. The highest BCUT2D eigenvalue weighted by atomic mass is 35.7. The van der Waals surface area contributed by atoms with Gasteiger partial charge in [-0.2, -0.15) is 0 Å². The van der Waals surface area contributed by atoms with Gasteiger partial charge in [0.25, 0.3) is 0 Å². The van der Waals surface area contributed by atoms with Crippen LogP contribution in [0.1, 0.15) is 16.7 Å². The summed E-state index contributed by atoms with van der Waals surface area (Å²) in [5, 5.41) is 9.69. The second kappa shape index (κ2) is 4.51. The van der Waals surface area contributed by atoms with Crippen LogP contribution in [0.4, 0.5) is 0 Å². The fourth-order valence-corrected chi connectivity index (χ4v) is 2.55. The minimum Gasteiger partial charge on any atom is -0.504 e. The van der Waals surface area contributed by atoms with E-state index in [0.29, 0.717) is 16.7 Å². The van der Waals surface area contributed by atoms with Gasteiger partial charge in [0.2, 0.25) is 9.05 Å². The molecule has 1 N–H and O–H groups in total. The van der Waals surface area contributed by atoms with Crippen molar-refractivity contribution in [3.8, 4) is 11.5 Å². The van der Waals surface area contributed by atoms with Crippen LogP contribution in [0.3, 0.4) is 0 Å². The molecule has 0 fully saturated rings. The van der Waals surface area contributed by atoms with Crippen molar-refractivity contribution >= 4 is 19.7 Å². The van der Waals surface area contributed by atoms with Gasteiger partial charge in [-0.15, -0.1) is 0 Å². The van der Waals surface area contributed by atoms with E-state index in [0.717, 1.165) is 0 Å². The Labute approximate surface area is 99.2 Å². The Morgan fingerprint density at radius 1 is 1.44 bits per heavy atom. The molecule has 0 heterocycles. The van der Waals surface area contributed by atoms with E-state index in [1.165, 1.54) is 7.11 Å². The van der Waals surface area contributed by atoms with Gasteiger partial charge in [0.05, 0.1) is 12.9 Å². The number of halogens is 1. The average molecular weight is 265 g/mol. The topological polar surface area (TPSA) is 63.6 Å². The molecular weight excluding hydrogens is 252 g/mol. The summed E-state index contributed by atoms with van der Waals surface area (Å²) >= 11 is 0. The Morgan fingerprint density at radius 2 is 2.00 bits per heavy atom. The highest BCUT2D eigenvalue weighted by molar-refractivity contribution is 8.13. The van der Waals surface area contributed by atoms with E-state index in [9.17, 15) is 13.5 Å². The molecule has 0 unspecified atom stereocenters. The maximum atomic E-state index is 11.0. The molecule has 0 aliphatic rings. The highest BCUT2D eigenvalue weighted by Gasteiger charge is 2.17. The number of phenolic OH excluding ortho intramolecular Hbond substituents is 1. The Bertz CT molecular complexity index is 508. The quantitative estimate of drug-likeness (QED) is 0.849. The lowest BCUT2D eigenvalue weighted by Crippen LogP contribution is -2.01. The van der Waals surface area contributed by atoms with Crippen molar-refractivity contribution in [2.24, 2.45) is 0 Å². The lowest BCUT2D eigenvalue weighted by atomic mass is 10.0. The summed E-state index contributed by atoms with van der Waals surface area (Å²) in [6, 6.07) is 1.59. The van der Waals surface area contributed by atoms with Gasteiger partial charge in [-0.1, -0.05) is 6.07 Å². The lowest BCUT2D eigenvalue weighted by molar-refractivity contribution is 0.368. The van der Waals surface area contributed by atoms with Crippen molar-refractivity contribution in [1.29, 1.82) is 0 Å². The summed E-state index contributed by atoms with van der Waals surface area (Å²) in [6.45, 7) is 3.34. The first kappa shape index (κ1) is 13.1. The first-order valence-electron chi connectivity index (χ1n) is 4.54. The minimum absolute atomic E-state index is 0.0238. The van der Waals surface area contributed by atoms with Crippen LogP contribution in [0.15, 0.2) is 6.07 Å². The third kappa shape index (κ3) is 2.80. The fraction of sp³-hybridized carbons (Fsp3) is 0.400. The second-order valence-electron chi connectivity index (χ2n) is 3.54. The van der Waals surface area contributed by atoms with Gasteiger partial charge in [0.15, 0.2) is 11.5 Å². The molecule has 0 saturated heterocycles. The molecule has 0 aromatic heterocycles. The van der Waals surface area contributed by atoms with Crippen molar-refractivity contribution in [3.63, 3.8) is 0 Å². The summed E-state index contributed by atoms with van der Waals surface area (Å²) in [5.41, 5.74) is 1.66. The predicted octanol–water partition coefficient (Wildman–Crippen LogP) is 2.09. The van der Waals surface area contributed by atoms with Gasteiger partial charge in [-0.05, 0) is 30.5 Å². The summed E-state index contributed by atoms with van der Waals surface area (Å²) < 4.78 is 27.0. The van der Waals surface area contributed by atoms with Crippen LogP contribution >= 0.6 is 10.7 Å². The Morgan fingerprint density at radius 3 is 2.44 bits per heavy atom. The maximum absolute atomic E-state index is 11.0. The third-order valence-corrected chi connectivity index (χ3v) is 3.32. The molecule has 90 valence electrons. The van der Waals surface area contributed by atoms with Crippen LogP contribution in [0.2, 0.25) is 0 Å². The number of hydrogen-bond acceptors (Lipinski definition) is 4. The van der Waals surface area contributed by atoms with Crippen molar-refractivity contribution in [1.82, 2.24) is 0 Å². The maximum Gasteiger partial charge on any atom is 0.236 e. The zero-order valence-corrected chi connectivity index (χ0v) is 10.8. The number of benzene rings is 1. The number of phenols is 1. The molecule has 4 nitrogen and oxygen atoms in total. The van der Waals surface area contributed by atoms with Crippen molar-refractivity contribution in [2.45, 2.75) is 19.6 Å². The van der Waals surface area contributed by atoms with Gasteiger partial charge in [-0.3, -0.25) is 0 Å². The minimum atomic E-state index is -3.62. The molecule has 6 heteroatoms. The monoisotopic (exact) mass is 264 g/mol. The standard InChI is InChI=1S/C10H13ClO4S/c1-6-4-8(5-16(11,13)14)7(2)10(15-3)9(6)12/h4,12H,5H2,1-3H3. The van der Waals surface area contributed by atoms with Crippen LogP contribution < -0.4 is 4.74 Å². The van der Waals surface area contributed by atoms with Gasteiger partial charge in [0.1, 0.15) is 0 Å². The molecule has 0 saturated carbocycles. The van der Waals surface area contributed by atoms with E-state index >= 15 is 0 Å². The molecule has 0 bridgehead atoms. The van der Waals surface area contributed by atoms with Gasteiger partial charge in [-0.25, -0.2) is 8.42 Å². The van der Waals surface area contributed by atoms with E-state index in [1.807, 2.05) is 0 Å². The van der Waals surface area contributed by atoms with E-state index < -0.39 is 9.05 Å². The molecule has 1 aromatic carbocycles. The molecule has 0 aliphatic heterocycles. The van der Waals surface area contributed by atoms with E-state index in [4.69, 9.17) is 15.4 Å². The molecule has 0 aliphatic carbocycles. The Hall–Kier alpha value is -0.940. The molecule has 16 heavy (non-hydrogen) atoms. The van der Waals surface area contributed by atoms with Crippen LogP contribution in [0.5, 0.6) is 11.5 Å².